The standard InChI is InChI=1S/C16H26N2O5/c17-15(21)16(22)18-9-11-10(12-7-8-13(11)23-12)5-3-1-2-4-6-14(19)20/h10-13H,1-9H2,(H2,17,21)(H,18,22)(H,19,20). The zero-order chi connectivity index (χ0) is 16.8. The third-order valence-electron chi connectivity index (χ3n) is 4.99. The molecule has 0 saturated carbocycles. The number of nitrogens with two attached hydrogens (primary N) is 1. The number of nitrogens with one attached hydrogen (secondary N) is 1. The molecule has 2 saturated heterocycles. The second-order valence-electron chi connectivity index (χ2n) is 6.54. The number of rotatable bonds is 9. The summed E-state index contributed by atoms with van der Waals surface area (Å²) in [5.41, 5.74) is 4.96. The van der Waals surface area contributed by atoms with Crippen molar-refractivity contribution >= 4 is 17.8 Å². The number of carboxylic acid groups (broad SMARTS) is 1. The molecule has 0 spiro atoms. The van der Waals surface area contributed by atoms with Gasteiger partial charge >= 0.3 is 17.8 Å². The van der Waals surface area contributed by atoms with Gasteiger partial charge in [0.25, 0.3) is 0 Å². The van der Waals surface area contributed by atoms with E-state index in [0.717, 1.165) is 44.9 Å². The summed E-state index contributed by atoms with van der Waals surface area (Å²) in [5.74, 6) is -1.78. The van der Waals surface area contributed by atoms with E-state index in [-0.39, 0.29) is 24.5 Å². The zero-order valence-corrected chi connectivity index (χ0v) is 13.3. The maximum atomic E-state index is 11.3. The Morgan fingerprint density at radius 3 is 2.35 bits per heavy atom. The molecule has 4 atom stereocenters. The van der Waals surface area contributed by atoms with Crippen molar-refractivity contribution in [1.29, 1.82) is 0 Å². The Balaban J connectivity index is 1.71. The van der Waals surface area contributed by atoms with E-state index >= 15 is 0 Å². The number of fused-ring (bicyclic) bond motifs is 2. The van der Waals surface area contributed by atoms with Crippen molar-refractivity contribution in [1.82, 2.24) is 5.32 Å². The lowest BCUT2D eigenvalue weighted by molar-refractivity contribution is -0.137. The minimum Gasteiger partial charge on any atom is -0.481 e. The van der Waals surface area contributed by atoms with Crippen LogP contribution >= 0.6 is 0 Å². The van der Waals surface area contributed by atoms with Gasteiger partial charge in [-0.25, -0.2) is 0 Å². The molecule has 2 aliphatic heterocycles. The molecule has 0 aliphatic carbocycles. The first-order valence-electron chi connectivity index (χ1n) is 8.44. The molecular formula is C16H26N2O5. The van der Waals surface area contributed by atoms with Gasteiger partial charge in [0.15, 0.2) is 0 Å². The summed E-state index contributed by atoms with van der Waals surface area (Å²) in [6.07, 6.45) is 7.46. The first kappa shape index (κ1) is 17.7. The Bertz CT molecular complexity index is 454. The topological polar surface area (TPSA) is 119 Å². The molecule has 2 amide bonds. The number of unbranched alkanes of at least 4 members (excludes halogenated alkanes) is 3. The van der Waals surface area contributed by atoms with Gasteiger partial charge in [-0.05, 0) is 31.6 Å². The fourth-order valence-corrected chi connectivity index (χ4v) is 3.86. The van der Waals surface area contributed by atoms with Gasteiger partial charge in [-0.15, -0.1) is 0 Å². The largest absolute Gasteiger partial charge is 0.481 e. The molecule has 7 nitrogen and oxygen atoms in total. The number of carbonyl (C=O) groups is 3. The van der Waals surface area contributed by atoms with Gasteiger partial charge in [0.05, 0.1) is 12.2 Å². The van der Waals surface area contributed by atoms with E-state index in [9.17, 15) is 14.4 Å². The first-order chi connectivity index (χ1) is 11.0. The smallest absolute Gasteiger partial charge is 0.309 e. The Kier molecular flexibility index (Phi) is 6.38. The fourth-order valence-electron chi connectivity index (χ4n) is 3.86. The van der Waals surface area contributed by atoms with Crippen LogP contribution in [0.4, 0.5) is 0 Å². The van der Waals surface area contributed by atoms with E-state index in [4.69, 9.17) is 15.6 Å². The number of hydrogen-bond donors (Lipinski definition) is 3. The van der Waals surface area contributed by atoms with E-state index in [1.54, 1.807) is 0 Å². The molecule has 4 unspecified atom stereocenters. The Morgan fingerprint density at radius 2 is 1.70 bits per heavy atom. The van der Waals surface area contributed by atoms with Crippen LogP contribution in [0.1, 0.15) is 51.4 Å². The molecule has 23 heavy (non-hydrogen) atoms. The van der Waals surface area contributed by atoms with Gasteiger partial charge in [0, 0.05) is 18.9 Å². The second-order valence-corrected chi connectivity index (χ2v) is 6.54. The van der Waals surface area contributed by atoms with Crippen LogP contribution in [0.25, 0.3) is 0 Å². The van der Waals surface area contributed by atoms with Crippen LogP contribution in [0.2, 0.25) is 0 Å². The molecule has 2 heterocycles. The van der Waals surface area contributed by atoms with Gasteiger partial charge in [0.2, 0.25) is 0 Å². The average Bonchev–Trinajstić information content (AvgIpc) is 3.09. The van der Waals surface area contributed by atoms with Crippen molar-refractivity contribution in [3.05, 3.63) is 0 Å². The van der Waals surface area contributed by atoms with Gasteiger partial charge in [-0.2, -0.15) is 0 Å². The fraction of sp³-hybridized carbons (Fsp3) is 0.812. The summed E-state index contributed by atoms with van der Waals surface area (Å²) in [6, 6.07) is 0. The zero-order valence-electron chi connectivity index (χ0n) is 13.3. The molecule has 7 heteroatoms. The van der Waals surface area contributed by atoms with Crippen molar-refractivity contribution in [2.45, 2.75) is 63.6 Å². The molecule has 0 aromatic rings. The van der Waals surface area contributed by atoms with Crippen LogP contribution < -0.4 is 11.1 Å². The van der Waals surface area contributed by atoms with Crippen LogP contribution in [0.5, 0.6) is 0 Å². The van der Waals surface area contributed by atoms with Crippen LogP contribution in [0.3, 0.4) is 0 Å². The quantitative estimate of drug-likeness (QED) is 0.428. The van der Waals surface area contributed by atoms with Gasteiger partial charge < -0.3 is 20.9 Å². The SMILES string of the molecule is NC(=O)C(=O)NCC1C2CCC(O2)C1CCCCCCC(=O)O. The van der Waals surface area contributed by atoms with Gasteiger partial charge in [-0.1, -0.05) is 19.3 Å². The summed E-state index contributed by atoms with van der Waals surface area (Å²) in [6.45, 7) is 0.437. The van der Waals surface area contributed by atoms with Crippen molar-refractivity contribution in [3.63, 3.8) is 0 Å². The number of amides is 2. The summed E-state index contributed by atoms with van der Waals surface area (Å²) in [4.78, 5) is 32.6. The molecule has 0 aromatic heterocycles. The highest BCUT2D eigenvalue weighted by molar-refractivity contribution is 6.34. The third kappa shape index (κ3) is 4.92. The van der Waals surface area contributed by atoms with E-state index in [2.05, 4.69) is 5.32 Å². The van der Waals surface area contributed by atoms with Crippen molar-refractivity contribution in [2.24, 2.45) is 17.6 Å². The summed E-state index contributed by atoms with van der Waals surface area (Å²) >= 11 is 0. The lowest BCUT2D eigenvalue weighted by Gasteiger charge is -2.28. The van der Waals surface area contributed by atoms with Crippen molar-refractivity contribution in [2.75, 3.05) is 6.54 Å². The lowest BCUT2D eigenvalue weighted by Crippen LogP contribution is -2.42. The molecule has 2 rings (SSSR count). The van der Waals surface area contributed by atoms with Crippen LogP contribution in [-0.2, 0) is 19.1 Å². The summed E-state index contributed by atoms with van der Waals surface area (Å²) in [5, 5.41) is 11.2. The maximum Gasteiger partial charge on any atom is 0.309 e. The highest BCUT2D eigenvalue weighted by Crippen LogP contribution is 2.45. The van der Waals surface area contributed by atoms with Gasteiger partial charge in [0.1, 0.15) is 0 Å². The van der Waals surface area contributed by atoms with E-state index < -0.39 is 17.8 Å². The highest BCUT2D eigenvalue weighted by atomic mass is 16.5. The van der Waals surface area contributed by atoms with Crippen molar-refractivity contribution < 1.29 is 24.2 Å². The average molecular weight is 326 g/mol. The normalized spacial score (nSPS) is 28.7. The molecule has 130 valence electrons. The van der Waals surface area contributed by atoms with Crippen LogP contribution in [0, 0.1) is 11.8 Å². The number of carboxylic acids is 1. The summed E-state index contributed by atoms with van der Waals surface area (Å²) in [7, 11) is 0. The monoisotopic (exact) mass is 326 g/mol. The summed E-state index contributed by atoms with van der Waals surface area (Å²) < 4.78 is 5.95. The van der Waals surface area contributed by atoms with E-state index in [0.29, 0.717) is 12.5 Å². The predicted octanol–water partition coefficient (Wildman–Crippen LogP) is 0.807. The molecule has 2 bridgehead atoms. The molecule has 0 aromatic carbocycles. The molecule has 4 N–H and O–H groups in total. The maximum absolute atomic E-state index is 11.3. The predicted molar refractivity (Wildman–Crippen MR) is 82.4 cm³/mol. The van der Waals surface area contributed by atoms with Gasteiger partial charge in [-0.3, -0.25) is 14.4 Å². The Labute approximate surface area is 135 Å². The lowest BCUT2D eigenvalue weighted by atomic mass is 9.76. The molecule has 0 radical (unpaired) electrons. The number of carbonyl (C=O) groups excluding carboxylic acids is 2. The number of ether oxygens (including phenoxy) is 1. The second kappa shape index (κ2) is 8.29. The van der Waals surface area contributed by atoms with Crippen molar-refractivity contribution in [3.8, 4) is 0 Å². The minimum absolute atomic E-state index is 0.171. The molecular weight excluding hydrogens is 300 g/mol. The Morgan fingerprint density at radius 1 is 1.04 bits per heavy atom. The number of primary amides is 1. The number of aliphatic carboxylic acids is 1. The molecule has 2 fully saturated rings. The minimum atomic E-state index is -0.955. The molecule has 2 aliphatic rings. The van der Waals surface area contributed by atoms with E-state index in [1.165, 1.54) is 0 Å². The highest BCUT2D eigenvalue weighted by Gasteiger charge is 2.48. The van der Waals surface area contributed by atoms with E-state index in [1.807, 2.05) is 0 Å². The van der Waals surface area contributed by atoms with Crippen LogP contribution in [0.15, 0.2) is 0 Å². The van der Waals surface area contributed by atoms with Crippen LogP contribution in [-0.4, -0.2) is 41.6 Å². The third-order valence-corrected chi connectivity index (χ3v) is 4.99. The number of hydrogen-bond acceptors (Lipinski definition) is 4. The first-order valence-corrected chi connectivity index (χ1v) is 8.44. The Hall–Kier alpha value is -1.63.